The first kappa shape index (κ1) is 33.3. The highest BCUT2D eigenvalue weighted by Gasteiger charge is 2.26. The monoisotopic (exact) mass is 687 g/mol. The van der Waals surface area contributed by atoms with E-state index >= 15 is 0 Å². The van der Waals surface area contributed by atoms with E-state index in [9.17, 15) is 19.5 Å². The number of rotatable bonds is 8. The number of benzene rings is 4. The van der Waals surface area contributed by atoms with Crippen LogP contribution in [0.15, 0.2) is 83.4 Å². The summed E-state index contributed by atoms with van der Waals surface area (Å²) in [5, 5.41) is 19.2. The van der Waals surface area contributed by atoms with Crippen molar-refractivity contribution in [3.8, 4) is 11.4 Å². The van der Waals surface area contributed by atoms with E-state index in [4.69, 9.17) is 14.2 Å². The molecule has 1 aliphatic rings. The first-order valence-electron chi connectivity index (χ1n) is 16.8. The maximum absolute atomic E-state index is 13.4. The topological polar surface area (TPSA) is 156 Å². The molecule has 3 heterocycles. The number of ether oxygens (including phenoxy) is 1. The minimum absolute atomic E-state index is 0.00649. The van der Waals surface area contributed by atoms with Crippen molar-refractivity contribution in [2.45, 2.75) is 39.8 Å². The summed E-state index contributed by atoms with van der Waals surface area (Å²) in [5.41, 5.74) is 3.99. The Hall–Kier alpha value is -6.24. The van der Waals surface area contributed by atoms with Gasteiger partial charge in [-0.05, 0) is 46.2 Å². The molecule has 260 valence electrons. The molecule has 0 atom stereocenters. The third-order valence-corrected chi connectivity index (χ3v) is 8.94. The molecule has 0 unspecified atom stereocenters. The molecule has 6 aromatic rings. The number of hydrogen-bond acceptors (Lipinski definition) is 8. The summed E-state index contributed by atoms with van der Waals surface area (Å²) in [4.78, 5) is 50.9. The molecule has 0 aliphatic carbocycles. The molecule has 1 aliphatic heterocycles. The lowest BCUT2D eigenvalue weighted by atomic mass is 10.0. The number of amides is 3. The Bertz CT molecular complexity index is 2250. The van der Waals surface area contributed by atoms with Crippen LogP contribution in [0.1, 0.15) is 53.0 Å². The van der Waals surface area contributed by atoms with E-state index in [0.29, 0.717) is 61.2 Å². The minimum Gasteiger partial charge on any atom is -0.478 e. The first-order valence-corrected chi connectivity index (χ1v) is 16.8. The number of piperazine rings is 1. The van der Waals surface area contributed by atoms with Gasteiger partial charge < -0.3 is 34.1 Å². The van der Waals surface area contributed by atoms with Crippen LogP contribution in [-0.2, 0) is 17.9 Å². The molecule has 2 N–H and O–H groups in total. The highest BCUT2D eigenvalue weighted by Crippen LogP contribution is 2.30. The van der Waals surface area contributed by atoms with Crippen LogP contribution in [0.5, 0.6) is 0 Å². The quantitative estimate of drug-likeness (QED) is 0.174. The van der Waals surface area contributed by atoms with Crippen LogP contribution in [-0.4, -0.2) is 78.9 Å². The number of carbonyl (C=O) groups excluding carboxylic acids is 2. The number of carboxylic acid groups (broad SMARTS) is 1. The van der Waals surface area contributed by atoms with Gasteiger partial charge in [0.2, 0.25) is 11.7 Å². The van der Waals surface area contributed by atoms with Crippen molar-refractivity contribution in [3.63, 3.8) is 0 Å². The maximum atomic E-state index is 13.4. The molecule has 7 rings (SSSR count). The Balaban J connectivity index is 1.11. The van der Waals surface area contributed by atoms with Gasteiger partial charge in [0, 0.05) is 56.8 Å². The number of carbonyl (C=O) groups is 3. The van der Waals surface area contributed by atoms with Crippen LogP contribution >= 0.6 is 0 Å². The molecule has 0 spiro atoms. The second-order valence-electron chi connectivity index (χ2n) is 12.9. The Labute approximate surface area is 293 Å². The zero-order valence-electron chi connectivity index (χ0n) is 28.5. The second-order valence-corrected chi connectivity index (χ2v) is 12.9. The van der Waals surface area contributed by atoms with E-state index in [1.165, 1.54) is 6.07 Å². The lowest BCUT2D eigenvalue weighted by molar-refractivity contribution is 0.0698. The van der Waals surface area contributed by atoms with Gasteiger partial charge in [-0.3, -0.25) is 0 Å². The molecule has 0 saturated carbocycles. The van der Waals surface area contributed by atoms with E-state index in [2.05, 4.69) is 21.5 Å². The molecular formula is C38H37N7O6. The number of nitrogens with one attached hydrogen (secondary N) is 1. The van der Waals surface area contributed by atoms with Gasteiger partial charge in [-0.2, -0.15) is 4.98 Å². The van der Waals surface area contributed by atoms with Gasteiger partial charge >= 0.3 is 18.1 Å². The fourth-order valence-electron chi connectivity index (χ4n) is 6.32. The van der Waals surface area contributed by atoms with Crippen molar-refractivity contribution in [2.75, 3.05) is 31.5 Å². The SMILES string of the molecule is Cc1nc(-c2ccc3ccc(Cn4c(C(C)C)nc5c(C(=O)O)cc(NC(=O)N6CCN(C(=O)OCc7ccccc7)CC6)cc54)cc3c2)no1. The van der Waals surface area contributed by atoms with Crippen LogP contribution in [0, 0.1) is 6.92 Å². The summed E-state index contributed by atoms with van der Waals surface area (Å²) >= 11 is 0. The molecule has 0 radical (unpaired) electrons. The van der Waals surface area contributed by atoms with Crippen molar-refractivity contribution in [1.82, 2.24) is 29.5 Å². The maximum Gasteiger partial charge on any atom is 0.410 e. The zero-order chi connectivity index (χ0) is 35.6. The fraction of sp³-hybridized carbons (Fsp3) is 0.263. The van der Waals surface area contributed by atoms with Crippen molar-refractivity contribution in [2.24, 2.45) is 0 Å². The summed E-state index contributed by atoms with van der Waals surface area (Å²) in [6, 6.07) is 24.4. The lowest BCUT2D eigenvalue weighted by Gasteiger charge is -2.34. The van der Waals surface area contributed by atoms with Crippen LogP contribution in [0.3, 0.4) is 0 Å². The molecule has 13 heteroatoms. The normalized spacial score (nSPS) is 13.3. The number of aryl methyl sites for hydroxylation is 1. The summed E-state index contributed by atoms with van der Waals surface area (Å²) in [7, 11) is 0. The predicted molar refractivity (Wildman–Crippen MR) is 191 cm³/mol. The van der Waals surface area contributed by atoms with Crippen LogP contribution in [0.2, 0.25) is 0 Å². The van der Waals surface area contributed by atoms with Gasteiger partial charge in [-0.15, -0.1) is 0 Å². The molecule has 2 aromatic heterocycles. The lowest BCUT2D eigenvalue weighted by Crippen LogP contribution is -2.51. The van der Waals surface area contributed by atoms with E-state index in [1.54, 1.807) is 22.8 Å². The Morgan fingerprint density at radius 1 is 0.882 bits per heavy atom. The van der Waals surface area contributed by atoms with Gasteiger partial charge in [0.1, 0.15) is 17.9 Å². The van der Waals surface area contributed by atoms with E-state index in [0.717, 1.165) is 33.3 Å². The number of nitrogens with zero attached hydrogens (tertiary/aromatic N) is 6. The van der Waals surface area contributed by atoms with Gasteiger partial charge in [0.15, 0.2) is 0 Å². The fourth-order valence-corrected chi connectivity index (χ4v) is 6.32. The van der Waals surface area contributed by atoms with E-state index in [-0.39, 0.29) is 24.1 Å². The van der Waals surface area contributed by atoms with E-state index < -0.39 is 12.1 Å². The summed E-state index contributed by atoms with van der Waals surface area (Å²) in [6.07, 6.45) is -0.432. The molecule has 51 heavy (non-hydrogen) atoms. The number of carboxylic acids is 1. The average molecular weight is 688 g/mol. The Morgan fingerprint density at radius 2 is 1.63 bits per heavy atom. The molecule has 4 aromatic carbocycles. The van der Waals surface area contributed by atoms with Crippen LogP contribution in [0.25, 0.3) is 33.2 Å². The third-order valence-electron chi connectivity index (χ3n) is 8.94. The van der Waals surface area contributed by atoms with Crippen LogP contribution in [0.4, 0.5) is 15.3 Å². The van der Waals surface area contributed by atoms with Crippen molar-refractivity contribution >= 4 is 45.6 Å². The molecular weight excluding hydrogens is 650 g/mol. The number of aromatic carboxylic acids is 1. The number of imidazole rings is 1. The smallest absolute Gasteiger partial charge is 0.410 e. The highest BCUT2D eigenvalue weighted by atomic mass is 16.6. The Morgan fingerprint density at radius 3 is 2.33 bits per heavy atom. The molecule has 13 nitrogen and oxygen atoms in total. The van der Waals surface area contributed by atoms with Crippen molar-refractivity contribution < 1.29 is 28.8 Å². The molecule has 3 amide bonds. The number of anilines is 1. The van der Waals surface area contributed by atoms with Gasteiger partial charge in [0.05, 0.1) is 11.1 Å². The van der Waals surface area contributed by atoms with Gasteiger partial charge in [-0.1, -0.05) is 73.6 Å². The van der Waals surface area contributed by atoms with Crippen molar-refractivity contribution in [3.05, 3.63) is 107 Å². The summed E-state index contributed by atoms with van der Waals surface area (Å²) in [5.74, 6) is 0.571. The molecule has 0 bridgehead atoms. The third kappa shape index (κ3) is 7.09. The number of fused-ring (bicyclic) bond motifs is 2. The number of hydrogen-bond donors (Lipinski definition) is 2. The number of aromatic nitrogens is 4. The minimum atomic E-state index is -1.14. The Kier molecular flexibility index (Phi) is 9.09. The standard InChI is InChI=1S/C38H37N7O6/c1-23(2)35-41-33-31(36(46)47)19-30(40-37(48)43-13-15-44(16-14-43)38(49)50-22-25-7-5-4-6-8-25)20-32(33)45(35)21-26-9-10-27-11-12-28(18-29(27)17-26)34-39-24(3)51-42-34/h4-12,17-20,23H,13-16,21-22H2,1-3H3,(H,40,48)(H,46,47). The second kappa shape index (κ2) is 13.9. The van der Waals surface area contributed by atoms with Gasteiger partial charge in [-0.25, -0.2) is 19.4 Å². The molecule has 1 saturated heterocycles. The molecule has 1 fully saturated rings. The predicted octanol–water partition coefficient (Wildman–Crippen LogP) is 6.90. The highest BCUT2D eigenvalue weighted by molar-refractivity contribution is 6.04. The van der Waals surface area contributed by atoms with E-state index in [1.807, 2.05) is 79.1 Å². The summed E-state index contributed by atoms with van der Waals surface area (Å²) in [6.45, 7) is 7.59. The zero-order valence-corrected chi connectivity index (χ0v) is 28.5. The average Bonchev–Trinajstić information content (AvgIpc) is 3.74. The van der Waals surface area contributed by atoms with Crippen LogP contribution < -0.4 is 5.32 Å². The largest absolute Gasteiger partial charge is 0.478 e. The van der Waals surface area contributed by atoms with Gasteiger partial charge in [0.25, 0.3) is 0 Å². The first-order chi connectivity index (χ1) is 24.6. The summed E-state index contributed by atoms with van der Waals surface area (Å²) < 4.78 is 12.6. The van der Waals surface area contributed by atoms with Crippen molar-refractivity contribution in [1.29, 1.82) is 0 Å². The number of urea groups is 1.